The molecule has 0 aliphatic carbocycles. The average molecular weight is 304 g/mol. The summed E-state index contributed by atoms with van der Waals surface area (Å²) in [5.41, 5.74) is 2.06. The third kappa shape index (κ3) is 3.43. The highest BCUT2D eigenvalue weighted by atomic mass is 32.1. The molecule has 4 heteroatoms. The molecule has 1 aromatic heterocycles. The number of hydrogen-bond donors (Lipinski definition) is 0. The van der Waals surface area contributed by atoms with Gasteiger partial charge in [0, 0.05) is 12.0 Å². The van der Waals surface area contributed by atoms with Gasteiger partial charge in [-0.1, -0.05) is 52.0 Å². The maximum atomic E-state index is 12.2. The van der Waals surface area contributed by atoms with Crippen LogP contribution in [0.5, 0.6) is 0 Å². The van der Waals surface area contributed by atoms with Gasteiger partial charge in [0.2, 0.25) is 0 Å². The van der Waals surface area contributed by atoms with Crippen LogP contribution in [0.25, 0.3) is 10.2 Å². The largest absolute Gasteiger partial charge is 0.316 e. The summed E-state index contributed by atoms with van der Waals surface area (Å²) in [6.45, 7) is 10.9. The van der Waals surface area contributed by atoms with E-state index in [9.17, 15) is 4.79 Å². The molecule has 1 heterocycles. The standard InChI is InChI=1S/C17H24N2OS/c1-6-10-19-13-9-8-12(7-2)11-14(13)21-16(19)18-15(20)17(3,4)5/h8-9,11H,6-7,10H2,1-5H3. The number of benzene rings is 1. The molecule has 0 fully saturated rings. The fraction of sp³-hybridized carbons (Fsp3) is 0.529. The van der Waals surface area contributed by atoms with Crippen molar-refractivity contribution in [3.05, 3.63) is 28.6 Å². The first-order valence-electron chi connectivity index (χ1n) is 7.58. The first-order chi connectivity index (χ1) is 9.86. The molecule has 0 saturated carbocycles. The van der Waals surface area contributed by atoms with Gasteiger partial charge in [-0.3, -0.25) is 4.79 Å². The quantitative estimate of drug-likeness (QED) is 0.839. The molecular formula is C17H24N2OS. The lowest BCUT2D eigenvalue weighted by Gasteiger charge is -2.11. The first-order valence-corrected chi connectivity index (χ1v) is 8.40. The number of rotatable bonds is 3. The van der Waals surface area contributed by atoms with Crippen molar-refractivity contribution in [3.63, 3.8) is 0 Å². The molecule has 1 aromatic carbocycles. The Balaban J connectivity index is 2.64. The van der Waals surface area contributed by atoms with E-state index in [1.54, 1.807) is 11.3 Å². The Hall–Kier alpha value is -1.42. The lowest BCUT2D eigenvalue weighted by atomic mass is 9.96. The van der Waals surface area contributed by atoms with E-state index in [-0.39, 0.29) is 5.91 Å². The monoisotopic (exact) mass is 304 g/mol. The minimum absolute atomic E-state index is 0.0605. The minimum atomic E-state index is -0.436. The van der Waals surface area contributed by atoms with Crippen LogP contribution in [0.4, 0.5) is 0 Å². The number of thiazole rings is 1. The van der Waals surface area contributed by atoms with E-state index in [1.165, 1.54) is 15.8 Å². The van der Waals surface area contributed by atoms with Crippen molar-refractivity contribution >= 4 is 27.5 Å². The van der Waals surface area contributed by atoms with E-state index < -0.39 is 5.41 Å². The highest BCUT2D eigenvalue weighted by Crippen LogP contribution is 2.21. The molecule has 0 bridgehead atoms. The predicted octanol–water partition coefficient (Wildman–Crippen LogP) is 4.15. The Morgan fingerprint density at radius 3 is 2.57 bits per heavy atom. The van der Waals surface area contributed by atoms with E-state index in [0.29, 0.717) is 0 Å². The van der Waals surface area contributed by atoms with Crippen LogP contribution >= 0.6 is 11.3 Å². The summed E-state index contributed by atoms with van der Waals surface area (Å²) in [6.07, 6.45) is 2.05. The topological polar surface area (TPSA) is 34.4 Å². The molecule has 0 saturated heterocycles. The van der Waals surface area contributed by atoms with Crippen molar-refractivity contribution in [2.24, 2.45) is 10.4 Å². The highest BCUT2D eigenvalue weighted by molar-refractivity contribution is 7.16. The summed E-state index contributed by atoms with van der Waals surface area (Å²) in [6, 6.07) is 6.53. The lowest BCUT2D eigenvalue weighted by Crippen LogP contribution is -2.23. The highest BCUT2D eigenvalue weighted by Gasteiger charge is 2.21. The van der Waals surface area contributed by atoms with Crippen molar-refractivity contribution in [2.45, 2.75) is 54.0 Å². The Kier molecular flexibility index (Phi) is 4.67. The number of amides is 1. The van der Waals surface area contributed by atoms with Crippen LogP contribution < -0.4 is 4.80 Å². The van der Waals surface area contributed by atoms with Gasteiger partial charge in [0.1, 0.15) is 0 Å². The Labute approximate surface area is 130 Å². The molecule has 0 N–H and O–H groups in total. The summed E-state index contributed by atoms with van der Waals surface area (Å²) in [4.78, 5) is 17.4. The summed E-state index contributed by atoms with van der Waals surface area (Å²) in [5, 5.41) is 0. The number of carbonyl (C=O) groups is 1. The second-order valence-corrected chi connectivity index (χ2v) is 7.37. The molecular weight excluding hydrogens is 280 g/mol. The van der Waals surface area contributed by atoms with Gasteiger partial charge in [-0.25, -0.2) is 0 Å². The van der Waals surface area contributed by atoms with E-state index in [1.807, 2.05) is 20.8 Å². The molecule has 21 heavy (non-hydrogen) atoms. The third-order valence-electron chi connectivity index (χ3n) is 3.44. The number of nitrogens with zero attached hydrogens (tertiary/aromatic N) is 2. The van der Waals surface area contributed by atoms with Crippen molar-refractivity contribution in [1.82, 2.24) is 4.57 Å². The maximum Gasteiger partial charge on any atom is 0.253 e. The van der Waals surface area contributed by atoms with Gasteiger partial charge in [-0.15, -0.1) is 0 Å². The molecule has 0 atom stereocenters. The Morgan fingerprint density at radius 2 is 2.00 bits per heavy atom. The van der Waals surface area contributed by atoms with Crippen LogP contribution in [0.15, 0.2) is 23.2 Å². The molecule has 3 nitrogen and oxygen atoms in total. The van der Waals surface area contributed by atoms with Gasteiger partial charge in [-0.05, 0) is 30.5 Å². The van der Waals surface area contributed by atoms with Crippen LogP contribution in [0.3, 0.4) is 0 Å². The predicted molar refractivity (Wildman–Crippen MR) is 89.5 cm³/mol. The second-order valence-electron chi connectivity index (χ2n) is 6.36. The van der Waals surface area contributed by atoms with Gasteiger partial charge in [0.05, 0.1) is 10.2 Å². The second kappa shape index (κ2) is 6.14. The van der Waals surface area contributed by atoms with Crippen LogP contribution in [0.1, 0.15) is 46.6 Å². The molecule has 0 unspecified atom stereocenters. The molecule has 1 amide bonds. The smallest absolute Gasteiger partial charge is 0.253 e. The zero-order valence-electron chi connectivity index (χ0n) is 13.6. The van der Waals surface area contributed by atoms with Crippen molar-refractivity contribution < 1.29 is 4.79 Å². The van der Waals surface area contributed by atoms with E-state index in [0.717, 1.165) is 24.2 Å². The van der Waals surface area contributed by atoms with Crippen LogP contribution in [-0.2, 0) is 17.8 Å². The summed E-state index contributed by atoms with van der Waals surface area (Å²) < 4.78 is 3.38. The number of aromatic nitrogens is 1. The van der Waals surface area contributed by atoms with Crippen molar-refractivity contribution in [2.75, 3.05) is 0 Å². The molecule has 114 valence electrons. The zero-order valence-corrected chi connectivity index (χ0v) is 14.4. The number of carbonyl (C=O) groups excluding carboxylic acids is 1. The maximum absolute atomic E-state index is 12.2. The van der Waals surface area contributed by atoms with E-state index >= 15 is 0 Å². The fourth-order valence-corrected chi connectivity index (χ4v) is 3.24. The van der Waals surface area contributed by atoms with Crippen molar-refractivity contribution in [3.8, 4) is 0 Å². The lowest BCUT2D eigenvalue weighted by molar-refractivity contribution is -0.125. The van der Waals surface area contributed by atoms with Gasteiger partial charge in [-0.2, -0.15) is 4.99 Å². The molecule has 0 spiro atoms. The summed E-state index contributed by atoms with van der Waals surface area (Å²) in [5.74, 6) is -0.0605. The van der Waals surface area contributed by atoms with Crippen LogP contribution in [-0.4, -0.2) is 10.5 Å². The van der Waals surface area contributed by atoms with Gasteiger partial charge in [0.15, 0.2) is 4.80 Å². The van der Waals surface area contributed by atoms with Gasteiger partial charge in [0.25, 0.3) is 5.91 Å². The normalized spacial score (nSPS) is 13.1. The molecule has 0 aliphatic heterocycles. The van der Waals surface area contributed by atoms with Gasteiger partial charge >= 0.3 is 0 Å². The molecule has 2 aromatic rings. The minimum Gasteiger partial charge on any atom is -0.316 e. The van der Waals surface area contributed by atoms with E-state index in [4.69, 9.17) is 0 Å². The molecule has 0 radical (unpaired) electrons. The zero-order chi connectivity index (χ0) is 15.6. The van der Waals surface area contributed by atoms with Crippen LogP contribution in [0.2, 0.25) is 0 Å². The summed E-state index contributed by atoms with van der Waals surface area (Å²) in [7, 11) is 0. The summed E-state index contributed by atoms with van der Waals surface area (Å²) >= 11 is 1.61. The SMILES string of the molecule is CCCn1c(=NC(=O)C(C)(C)C)sc2cc(CC)ccc21. The van der Waals surface area contributed by atoms with E-state index in [2.05, 4.69) is 41.6 Å². The third-order valence-corrected chi connectivity index (χ3v) is 4.48. The molecule has 2 rings (SSSR count). The fourth-order valence-electron chi connectivity index (χ4n) is 2.12. The number of fused-ring (bicyclic) bond motifs is 1. The first kappa shape index (κ1) is 16.0. The molecule has 0 aliphatic rings. The average Bonchev–Trinajstić information content (AvgIpc) is 2.75. The number of hydrogen-bond acceptors (Lipinski definition) is 2. The Morgan fingerprint density at radius 1 is 1.29 bits per heavy atom. The van der Waals surface area contributed by atoms with Crippen LogP contribution in [0, 0.1) is 5.41 Å². The number of aryl methyl sites for hydroxylation is 2. The van der Waals surface area contributed by atoms with Crippen molar-refractivity contribution in [1.29, 1.82) is 0 Å². The van der Waals surface area contributed by atoms with Gasteiger partial charge < -0.3 is 4.57 Å². The Bertz CT molecular complexity index is 716.